The van der Waals surface area contributed by atoms with Gasteiger partial charge >= 0.3 is 5.97 Å². The second-order valence-corrected chi connectivity index (χ2v) is 3.57. The number of halogens is 1. The summed E-state index contributed by atoms with van der Waals surface area (Å²) in [5.74, 6) is -1.30. The monoisotopic (exact) mass is 247 g/mol. The van der Waals surface area contributed by atoms with Crippen LogP contribution in [0.1, 0.15) is 10.4 Å². The summed E-state index contributed by atoms with van der Waals surface area (Å²) < 4.78 is 18.6. The number of aromatic nitrogens is 1. The van der Waals surface area contributed by atoms with Crippen LogP contribution in [0.2, 0.25) is 0 Å². The molecule has 0 amide bonds. The van der Waals surface area contributed by atoms with E-state index in [0.29, 0.717) is 11.3 Å². The van der Waals surface area contributed by atoms with Crippen molar-refractivity contribution in [2.24, 2.45) is 0 Å². The summed E-state index contributed by atoms with van der Waals surface area (Å²) in [6, 6.07) is 5.89. The predicted molar refractivity (Wildman–Crippen MR) is 63.1 cm³/mol. The summed E-state index contributed by atoms with van der Waals surface area (Å²) in [7, 11) is 1.44. The highest BCUT2D eigenvalue weighted by Crippen LogP contribution is 2.28. The van der Waals surface area contributed by atoms with Gasteiger partial charge in [-0.05, 0) is 29.8 Å². The van der Waals surface area contributed by atoms with Crippen molar-refractivity contribution in [2.45, 2.75) is 0 Å². The molecule has 2 rings (SSSR count). The third-order valence-corrected chi connectivity index (χ3v) is 2.52. The molecular formula is C13H10FNO3. The number of pyridine rings is 1. The number of carbonyl (C=O) groups is 1. The molecule has 0 saturated carbocycles. The highest BCUT2D eigenvalue weighted by atomic mass is 19.1. The van der Waals surface area contributed by atoms with Crippen molar-refractivity contribution in [3.05, 3.63) is 48.0 Å². The van der Waals surface area contributed by atoms with Gasteiger partial charge in [0.05, 0.1) is 18.9 Å². The molecule has 0 atom stereocenters. The Morgan fingerprint density at radius 2 is 2.11 bits per heavy atom. The first-order valence-electron chi connectivity index (χ1n) is 5.14. The molecule has 1 aromatic heterocycles. The number of methoxy groups -OCH3 is 1. The first-order chi connectivity index (χ1) is 8.63. The summed E-state index contributed by atoms with van der Waals surface area (Å²) in [5, 5.41) is 9.14. The van der Waals surface area contributed by atoms with Gasteiger partial charge in [-0.1, -0.05) is 0 Å². The van der Waals surface area contributed by atoms with E-state index in [1.165, 1.54) is 31.5 Å². The molecule has 0 aliphatic rings. The zero-order valence-corrected chi connectivity index (χ0v) is 9.55. The van der Waals surface area contributed by atoms with Crippen molar-refractivity contribution in [3.63, 3.8) is 0 Å². The minimum atomic E-state index is -1.14. The van der Waals surface area contributed by atoms with Crippen LogP contribution in [-0.4, -0.2) is 23.2 Å². The van der Waals surface area contributed by atoms with E-state index in [9.17, 15) is 9.18 Å². The Kier molecular flexibility index (Phi) is 3.23. The van der Waals surface area contributed by atoms with Gasteiger partial charge in [0.25, 0.3) is 0 Å². The molecule has 92 valence electrons. The second kappa shape index (κ2) is 4.83. The summed E-state index contributed by atoms with van der Waals surface area (Å²) >= 11 is 0. The van der Waals surface area contributed by atoms with Crippen molar-refractivity contribution < 1.29 is 19.0 Å². The Morgan fingerprint density at radius 1 is 1.33 bits per heavy atom. The van der Waals surface area contributed by atoms with Gasteiger partial charge in [-0.15, -0.1) is 0 Å². The zero-order valence-electron chi connectivity index (χ0n) is 9.55. The fourth-order valence-electron chi connectivity index (χ4n) is 1.66. The number of rotatable bonds is 3. The molecular weight excluding hydrogens is 237 g/mol. The molecule has 4 nitrogen and oxygen atoms in total. The highest BCUT2D eigenvalue weighted by Gasteiger charge is 2.15. The van der Waals surface area contributed by atoms with Gasteiger partial charge in [0, 0.05) is 11.8 Å². The maximum atomic E-state index is 13.6. The van der Waals surface area contributed by atoms with Crippen molar-refractivity contribution in [1.82, 2.24) is 4.98 Å². The fourth-order valence-corrected chi connectivity index (χ4v) is 1.66. The van der Waals surface area contributed by atoms with Gasteiger partial charge in [0.2, 0.25) is 0 Å². The van der Waals surface area contributed by atoms with E-state index in [1.54, 1.807) is 6.07 Å². The SMILES string of the molecule is COc1ccc(-c2ccncc2F)c(C(=O)O)c1. The Balaban J connectivity index is 2.64. The molecule has 0 aliphatic heterocycles. The number of carboxylic acid groups (broad SMARTS) is 1. The van der Waals surface area contributed by atoms with Crippen LogP contribution in [0.25, 0.3) is 11.1 Å². The van der Waals surface area contributed by atoms with E-state index in [1.807, 2.05) is 0 Å². The summed E-state index contributed by atoms with van der Waals surface area (Å²) in [5.41, 5.74) is 0.479. The van der Waals surface area contributed by atoms with E-state index in [2.05, 4.69) is 4.98 Å². The molecule has 0 fully saturated rings. The summed E-state index contributed by atoms with van der Waals surface area (Å²) in [4.78, 5) is 14.8. The van der Waals surface area contributed by atoms with E-state index in [-0.39, 0.29) is 11.1 Å². The van der Waals surface area contributed by atoms with Crippen LogP contribution in [0.5, 0.6) is 5.75 Å². The van der Waals surface area contributed by atoms with E-state index < -0.39 is 11.8 Å². The number of benzene rings is 1. The lowest BCUT2D eigenvalue weighted by Gasteiger charge is -2.09. The van der Waals surface area contributed by atoms with E-state index in [0.717, 1.165) is 6.20 Å². The molecule has 1 N–H and O–H groups in total. The third-order valence-electron chi connectivity index (χ3n) is 2.52. The highest BCUT2D eigenvalue weighted by molar-refractivity contribution is 5.96. The minimum Gasteiger partial charge on any atom is -0.497 e. The van der Waals surface area contributed by atoms with Crippen LogP contribution in [0.15, 0.2) is 36.7 Å². The van der Waals surface area contributed by atoms with Gasteiger partial charge in [0.15, 0.2) is 0 Å². The molecule has 1 aromatic carbocycles. The predicted octanol–water partition coefficient (Wildman–Crippen LogP) is 2.59. The van der Waals surface area contributed by atoms with Crippen LogP contribution in [-0.2, 0) is 0 Å². The maximum absolute atomic E-state index is 13.6. The first-order valence-corrected chi connectivity index (χ1v) is 5.14. The van der Waals surface area contributed by atoms with Gasteiger partial charge in [0.1, 0.15) is 11.6 Å². The molecule has 18 heavy (non-hydrogen) atoms. The molecule has 0 unspecified atom stereocenters. The third kappa shape index (κ3) is 2.15. The van der Waals surface area contributed by atoms with E-state index in [4.69, 9.17) is 9.84 Å². The molecule has 0 saturated heterocycles. The number of hydrogen-bond donors (Lipinski definition) is 1. The topological polar surface area (TPSA) is 59.4 Å². The normalized spacial score (nSPS) is 10.1. The molecule has 0 spiro atoms. The van der Waals surface area contributed by atoms with Crippen LogP contribution >= 0.6 is 0 Å². The minimum absolute atomic E-state index is 0.0144. The molecule has 0 bridgehead atoms. The number of nitrogens with zero attached hydrogens (tertiary/aromatic N) is 1. The van der Waals surface area contributed by atoms with Gasteiger partial charge < -0.3 is 9.84 Å². The lowest BCUT2D eigenvalue weighted by Crippen LogP contribution is -2.01. The quantitative estimate of drug-likeness (QED) is 0.905. The average molecular weight is 247 g/mol. The number of hydrogen-bond acceptors (Lipinski definition) is 3. The smallest absolute Gasteiger partial charge is 0.336 e. The lowest BCUT2D eigenvalue weighted by molar-refractivity contribution is 0.0697. The number of ether oxygens (including phenoxy) is 1. The summed E-state index contributed by atoms with van der Waals surface area (Å²) in [6.07, 6.45) is 2.46. The number of carboxylic acids is 1. The zero-order chi connectivity index (χ0) is 13.1. The van der Waals surface area contributed by atoms with Crippen LogP contribution in [0, 0.1) is 5.82 Å². The van der Waals surface area contributed by atoms with Crippen molar-refractivity contribution in [1.29, 1.82) is 0 Å². The molecule has 0 radical (unpaired) electrons. The Bertz CT molecular complexity index is 599. The second-order valence-electron chi connectivity index (χ2n) is 3.57. The van der Waals surface area contributed by atoms with Crippen molar-refractivity contribution in [2.75, 3.05) is 7.11 Å². The van der Waals surface area contributed by atoms with Crippen molar-refractivity contribution >= 4 is 5.97 Å². The maximum Gasteiger partial charge on any atom is 0.336 e. The Labute approximate surface area is 103 Å². The van der Waals surface area contributed by atoms with Crippen molar-refractivity contribution in [3.8, 4) is 16.9 Å². The molecule has 2 aromatic rings. The van der Waals surface area contributed by atoms with Crippen LogP contribution in [0.4, 0.5) is 4.39 Å². The van der Waals surface area contributed by atoms with E-state index >= 15 is 0 Å². The van der Waals surface area contributed by atoms with Crippen LogP contribution in [0.3, 0.4) is 0 Å². The van der Waals surface area contributed by atoms with Gasteiger partial charge in [-0.2, -0.15) is 0 Å². The van der Waals surface area contributed by atoms with Crippen LogP contribution < -0.4 is 4.74 Å². The Morgan fingerprint density at radius 3 is 2.72 bits per heavy atom. The molecule has 0 aliphatic carbocycles. The molecule has 5 heteroatoms. The van der Waals surface area contributed by atoms with Gasteiger partial charge in [-0.3, -0.25) is 4.98 Å². The average Bonchev–Trinajstić information content (AvgIpc) is 2.38. The fraction of sp³-hybridized carbons (Fsp3) is 0.0769. The lowest BCUT2D eigenvalue weighted by atomic mass is 10.00. The first kappa shape index (κ1) is 12.0. The Hall–Kier alpha value is -2.43. The number of aromatic carboxylic acids is 1. The summed E-state index contributed by atoms with van der Waals surface area (Å²) in [6.45, 7) is 0. The largest absolute Gasteiger partial charge is 0.497 e. The standard InChI is InChI=1S/C13H10FNO3/c1-18-8-2-3-9(11(6-8)13(16)17)10-4-5-15-7-12(10)14/h2-7H,1H3,(H,16,17). The van der Waals surface area contributed by atoms with Gasteiger partial charge in [-0.25, -0.2) is 9.18 Å². The molecule has 1 heterocycles.